The van der Waals surface area contributed by atoms with Crippen LogP contribution in [0.1, 0.15) is 31.2 Å². The van der Waals surface area contributed by atoms with E-state index in [4.69, 9.17) is 0 Å². The summed E-state index contributed by atoms with van der Waals surface area (Å²) < 4.78 is 1.06. The summed E-state index contributed by atoms with van der Waals surface area (Å²) in [6.45, 7) is 0. The Morgan fingerprint density at radius 2 is 1.85 bits per heavy atom. The van der Waals surface area contributed by atoms with Gasteiger partial charge in [-0.05, 0) is 49.6 Å². The lowest BCUT2D eigenvalue weighted by molar-refractivity contribution is -0.134. The van der Waals surface area contributed by atoms with Crippen molar-refractivity contribution in [3.63, 3.8) is 0 Å². The minimum atomic E-state index is 0.319. The summed E-state index contributed by atoms with van der Waals surface area (Å²) in [6.07, 6.45) is 7.52. The predicted molar refractivity (Wildman–Crippen MR) is 88.0 cm³/mol. The molecule has 0 spiro atoms. The summed E-state index contributed by atoms with van der Waals surface area (Å²) >= 11 is 5.40. The smallest absolute Gasteiger partial charge is 0.227 e. The molecule has 2 heterocycles. The van der Waals surface area contributed by atoms with Crippen LogP contribution in [0.15, 0.2) is 28.7 Å². The van der Waals surface area contributed by atoms with Crippen LogP contribution in [0, 0.1) is 0 Å². The zero-order valence-electron chi connectivity index (χ0n) is 11.7. The molecule has 0 aliphatic carbocycles. The largest absolute Gasteiger partial charge is 0.336 e. The molecule has 1 aromatic carbocycles. The van der Waals surface area contributed by atoms with Crippen molar-refractivity contribution in [3.05, 3.63) is 34.3 Å². The van der Waals surface area contributed by atoms with Gasteiger partial charge in [-0.2, -0.15) is 11.8 Å². The van der Waals surface area contributed by atoms with Gasteiger partial charge in [-0.1, -0.05) is 28.1 Å². The molecule has 0 N–H and O–H groups in total. The van der Waals surface area contributed by atoms with Crippen LogP contribution in [-0.4, -0.2) is 34.4 Å². The van der Waals surface area contributed by atoms with Crippen molar-refractivity contribution in [1.82, 2.24) is 4.90 Å². The van der Waals surface area contributed by atoms with Gasteiger partial charge in [-0.15, -0.1) is 0 Å². The number of piperidine rings is 1. The monoisotopic (exact) mass is 353 g/mol. The lowest BCUT2D eigenvalue weighted by atomic mass is 10.0. The molecule has 2 bridgehead atoms. The summed E-state index contributed by atoms with van der Waals surface area (Å²) in [5.41, 5.74) is 1.12. The molecule has 1 aromatic rings. The van der Waals surface area contributed by atoms with E-state index in [9.17, 15) is 4.79 Å². The zero-order chi connectivity index (χ0) is 14.1. The Labute approximate surface area is 133 Å². The molecule has 2 unspecified atom stereocenters. The van der Waals surface area contributed by atoms with Crippen LogP contribution in [0.2, 0.25) is 0 Å². The summed E-state index contributed by atoms with van der Waals surface area (Å²) in [7, 11) is 0. The molecular formula is C16H20BrNOS. The Bertz CT molecular complexity index is 476. The minimum absolute atomic E-state index is 0.319. The van der Waals surface area contributed by atoms with Gasteiger partial charge in [0.25, 0.3) is 0 Å². The molecule has 2 aliphatic heterocycles. The third kappa shape index (κ3) is 2.91. The molecule has 0 saturated carbocycles. The van der Waals surface area contributed by atoms with Crippen molar-refractivity contribution in [2.45, 2.75) is 49.4 Å². The van der Waals surface area contributed by atoms with E-state index in [0.29, 0.717) is 24.4 Å². The van der Waals surface area contributed by atoms with Crippen LogP contribution in [0.25, 0.3) is 0 Å². The summed E-state index contributed by atoms with van der Waals surface area (Å²) in [6, 6.07) is 9.09. The van der Waals surface area contributed by atoms with Gasteiger partial charge < -0.3 is 4.90 Å². The molecule has 1 amide bonds. The molecular weight excluding hydrogens is 334 g/mol. The molecule has 108 valence electrons. The second-order valence-corrected chi connectivity index (χ2v) is 7.87. The quantitative estimate of drug-likeness (QED) is 0.821. The molecule has 2 atom stereocenters. The fourth-order valence-corrected chi connectivity index (χ4v) is 4.69. The van der Waals surface area contributed by atoms with E-state index in [1.807, 2.05) is 36.0 Å². The Morgan fingerprint density at radius 1 is 1.25 bits per heavy atom. The second-order valence-electron chi connectivity index (χ2n) is 5.82. The van der Waals surface area contributed by atoms with Crippen molar-refractivity contribution in [2.75, 3.05) is 6.26 Å². The molecule has 4 heteroatoms. The molecule has 20 heavy (non-hydrogen) atoms. The van der Waals surface area contributed by atoms with E-state index >= 15 is 0 Å². The maximum atomic E-state index is 12.6. The maximum absolute atomic E-state index is 12.6. The van der Waals surface area contributed by atoms with Crippen LogP contribution in [0.3, 0.4) is 0 Å². The Hall–Kier alpha value is -0.480. The number of hydrogen-bond acceptors (Lipinski definition) is 2. The SMILES string of the molecule is CSC1CC2CCC(C1)N2C(=O)Cc1ccc(Br)cc1. The van der Waals surface area contributed by atoms with Crippen LogP contribution < -0.4 is 0 Å². The number of hydrogen-bond donors (Lipinski definition) is 0. The molecule has 3 rings (SSSR count). The molecule has 0 radical (unpaired) electrons. The first-order chi connectivity index (χ1) is 9.67. The van der Waals surface area contributed by atoms with Crippen LogP contribution in [0.5, 0.6) is 0 Å². The predicted octanol–water partition coefficient (Wildman–Crippen LogP) is 3.88. The number of carbonyl (C=O) groups is 1. The van der Waals surface area contributed by atoms with Gasteiger partial charge in [0.05, 0.1) is 6.42 Å². The van der Waals surface area contributed by atoms with Crippen molar-refractivity contribution >= 4 is 33.6 Å². The van der Waals surface area contributed by atoms with E-state index in [0.717, 1.165) is 15.3 Å². The van der Waals surface area contributed by atoms with E-state index in [2.05, 4.69) is 27.1 Å². The molecule has 2 aliphatic rings. The van der Waals surface area contributed by atoms with E-state index in [1.165, 1.54) is 25.7 Å². The van der Waals surface area contributed by atoms with Gasteiger partial charge >= 0.3 is 0 Å². The highest BCUT2D eigenvalue weighted by atomic mass is 79.9. The lowest BCUT2D eigenvalue weighted by Gasteiger charge is -2.38. The summed E-state index contributed by atoms with van der Waals surface area (Å²) in [4.78, 5) is 14.8. The number of halogens is 1. The van der Waals surface area contributed by atoms with Crippen molar-refractivity contribution in [1.29, 1.82) is 0 Å². The Morgan fingerprint density at radius 3 is 2.40 bits per heavy atom. The highest BCUT2D eigenvalue weighted by Crippen LogP contribution is 2.39. The number of thioether (sulfide) groups is 1. The van der Waals surface area contributed by atoms with E-state index in [-0.39, 0.29) is 0 Å². The fourth-order valence-electron chi connectivity index (χ4n) is 3.59. The lowest BCUT2D eigenvalue weighted by Crippen LogP contribution is -2.47. The second kappa shape index (κ2) is 6.10. The molecule has 2 nitrogen and oxygen atoms in total. The number of rotatable bonds is 3. The normalized spacial score (nSPS) is 28.7. The maximum Gasteiger partial charge on any atom is 0.227 e. The Kier molecular flexibility index (Phi) is 4.41. The number of benzene rings is 1. The topological polar surface area (TPSA) is 20.3 Å². The zero-order valence-corrected chi connectivity index (χ0v) is 14.1. The standard InChI is InChI=1S/C16H20BrNOS/c1-20-15-9-13-6-7-14(10-15)18(13)16(19)8-11-2-4-12(17)5-3-11/h2-5,13-15H,6-10H2,1H3. The van der Waals surface area contributed by atoms with Gasteiger partial charge in [0.1, 0.15) is 0 Å². The molecule has 2 fully saturated rings. The van der Waals surface area contributed by atoms with Crippen molar-refractivity contribution in [2.24, 2.45) is 0 Å². The van der Waals surface area contributed by atoms with Crippen LogP contribution in [-0.2, 0) is 11.2 Å². The first kappa shape index (κ1) is 14.5. The average Bonchev–Trinajstić information content (AvgIpc) is 2.72. The number of nitrogens with zero attached hydrogens (tertiary/aromatic N) is 1. The van der Waals surface area contributed by atoms with Gasteiger partial charge in [0.15, 0.2) is 0 Å². The van der Waals surface area contributed by atoms with Crippen LogP contribution >= 0.6 is 27.7 Å². The van der Waals surface area contributed by atoms with Gasteiger partial charge in [0, 0.05) is 21.8 Å². The summed E-state index contributed by atoms with van der Waals surface area (Å²) in [5.74, 6) is 0.319. The summed E-state index contributed by atoms with van der Waals surface area (Å²) in [5, 5.41) is 0.754. The third-order valence-corrected chi connectivity index (χ3v) is 6.16. The van der Waals surface area contributed by atoms with Gasteiger partial charge in [0.2, 0.25) is 5.91 Å². The molecule has 2 saturated heterocycles. The van der Waals surface area contributed by atoms with Crippen molar-refractivity contribution < 1.29 is 4.79 Å². The van der Waals surface area contributed by atoms with Crippen LogP contribution in [0.4, 0.5) is 0 Å². The number of amides is 1. The molecule has 0 aromatic heterocycles. The number of fused-ring (bicyclic) bond motifs is 2. The van der Waals surface area contributed by atoms with Gasteiger partial charge in [-0.3, -0.25) is 4.79 Å². The minimum Gasteiger partial charge on any atom is -0.336 e. The van der Waals surface area contributed by atoms with E-state index in [1.54, 1.807) is 0 Å². The first-order valence-electron chi connectivity index (χ1n) is 7.26. The van der Waals surface area contributed by atoms with Gasteiger partial charge in [-0.25, -0.2) is 0 Å². The first-order valence-corrected chi connectivity index (χ1v) is 9.34. The van der Waals surface area contributed by atoms with E-state index < -0.39 is 0 Å². The highest BCUT2D eigenvalue weighted by Gasteiger charge is 2.42. The fraction of sp³-hybridized carbons (Fsp3) is 0.562. The highest BCUT2D eigenvalue weighted by molar-refractivity contribution is 9.10. The third-order valence-electron chi connectivity index (χ3n) is 4.58. The average molecular weight is 354 g/mol. The van der Waals surface area contributed by atoms with Crippen molar-refractivity contribution in [3.8, 4) is 0 Å². The Balaban J connectivity index is 1.67. The number of carbonyl (C=O) groups excluding carboxylic acids is 1.